The zero-order valence-corrected chi connectivity index (χ0v) is 14.7. The number of rotatable bonds is 6. The fourth-order valence-corrected chi connectivity index (χ4v) is 3.90. The predicted molar refractivity (Wildman–Crippen MR) is 94.1 cm³/mol. The number of thioether (sulfide) groups is 1. The van der Waals surface area contributed by atoms with Crippen molar-refractivity contribution in [2.75, 3.05) is 19.4 Å². The Morgan fingerprint density at radius 2 is 2.26 bits per heavy atom. The first kappa shape index (κ1) is 16.5. The number of ether oxygens (including phenoxy) is 1. The maximum atomic E-state index is 12.9. The van der Waals surface area contributed by atoms with Crippen LogP contribution in [0.5, 0.6) is 0 Å². The normalized spacial score (nSPS) is 17.3. The molecule has 0 radical (unpaired) electrons. The van der Waals surface area contributed by atoms with Crippen LogP contribution in [0.1, 0.15) is 28.9 Å². The number of hydrogen-bond acceptors (Lipinski definition) is 5. The van der Waals surface area contributed by atoms with E-state index in [2.05, 4.69) is 4.98 Å². The molecule has 2 heterocycles. The van der Waals surface area contributed by atoms with Crippen molar-refractivity contribution in [2.45, 2.75) is 29.8 Å². The van der Waals surface area contributed by atoms with E-state index in [4.69, 9.17) is 4.74 Å². The third kappa shape index (κ3) is 4.34. The first-order valence-electron chi connectivity index (χ1n) is 7.70. The van der Waals surface area contributed by atoms with Gasteiger partial charge >= 0.3 is 0 Å². The third-order valence-corrected chi connectivity index (χ3v) is 5.69. The van der Waals surface area contributed by atoms with Crippen molar-refractivity contribution >= 4 is 29.0 Å². The summed E-state index contributed by atoms with van der Waals surface area (Å²) in [6.45, 7) is 2.01. The SMILES string of the molecule is CSc1nc(C(=O)N(Cc2ccccc2)C[C@@H]2CCCO2)cs1. The van der Waals surface area contributed by atoms with Crippen molar-refractivity contribution in [2.24, 2.45) is 0 Å². The van der Waals surface area contributed by atoms with Crippen LogP contribution < -0.4 is 0 Å². The molecule has 0 aliphatic carbocycles. The largest absolute Gasteiger partial charge is 0.376 e. The quantitative estimate of drug-likeness (QED) is 0.747. The summed E-state index contributed by atoms with van der Waals surface area (Å²) in [6.07, 6.45) is 4.21. The van der Waals surface area contributed by atoms with Crippen LogP contribution in [0.15, 0.2) is 40.1 Å². The average Bonchev–Trinajstić information content (AvgIpc) is 3.26. The summed E-state index contributed by atoms with van der Waals surface area (Å²) in [5, 5.41) is 1.85. The van der Waals surface area contributed by atoms with Crippen molar-refractivity contribution in [1.82, 2.24) is 9.88 Å². The summed E-state index contributed by atoms with van der Waals surface area (Å²) in [5.41, 5.74) is 1.66. The molecule has 0 spiro atoms. The third-order valence-electron chi connectivity index (χ3n) is 3.83. The second kappa shape index (κ2) is 7.95. The van der Waals surface area contributed by atoms with Gasteiger partial charge in [0.15, 0.2) is 0 Å². The van der Waals surface area contributed by atoms with Gasteiger partial charge in [-0.1, -0.05) is 42.1 Å². The van der Waals surface area contributed by atoms with E-state index < -0.39 is 0 Å². The van der Waals surface area contributed by atoms with E-state index in [1.807, 2.05) is 46.9 Å². The average molecular weight is 348 g/mol. The fourth-order valence-electron chi connectivity index (χ4n) is 2.67. The molecule has 0 N–H and O–H groups in total. The highest BCUT2D eigenvalue weighted by atomic mass is 32.2. The van der Waals surface area contributed by atoms with Crippen LogP contribution in [0, 0.1) is 0 Å². The van der Waals surface area contributed by atoms with Crippen LogP contribution >= 0.6 is 23.1 Å². The molecular weight excluding hydrogens is 328 g/mol. The Morgan fingerprint density at radius 3 is 2.91 bits per heavy atom. The van der Waals surface area contributed by atoms with Crippen LogP contribution in [0.2, 0.25) is 0 Å². The number of carbonyl (C=O) groups excluding carboxylic acids is 1. The molecule has 1 aromatic heterocycles. The fraction of sp³-hybridized carbons (Fsp3) is 0.412. The summed E-state index contributed by atoms with van der Waals surface area (Å²) < 4.78 is 6.64. The zero-order chi connectivity index (χ0) is 16.1. The molecule has 1 atom stereocenters. The molecule has 1 aliphatic rings. The molecule has 0 saturated carbocycles. The topological polar surface area (TPSA) is 42.4 Å². The monoisotopic (exact) mass is 348 g/mol. The number of aromatic nitrogens is 1. The standard InChI is InChI=1S/C17H20N2O2S2/c1-22-17-18-15(12-23-17)16(20)19(11-14-8-5-9-21-14)10-13-6-3-2-4-7-13/h2-4,6-7,12,14H,5,8-11H2,1H3/t14-/m0/s1. The molecular formula is C17H20N2O2S2. The molecule has 1 aliphatic heterocycles. The minimum absolute atomic E-state index is 0.0131. The smallest absolute Gasteiger partial charge is 0.273 e. The molecule has 0 bridgehead atoms. The van der Waals surface area contributed by atoms with Gasteiger partial charge in [0.1, 0.15) is 10.0 Å². The van der Waals surface area contributed by atoms with Gasteiger partial charge in [-0.05, 0) is 24.7 Å². The van der Waals surface area contributed by atoms with Gasteiger partial charge in [0.25, 0.3) is 5.91 Å². The van der Waals surface area contributed by atoms with Crippen molar-refractivity contribution in [3.63, 3.8) is 0 Å². The molecule has 3 rings (SSSR count). The first-order chi connectivity index (χ1) is 11.3. The summed E-state index contributed by atoms with van der Waals surface area (Å²) in [7, 11) is 0. The summed E-state index contributed by atoms with van der Waals surface area (Å²) in [5.74, 6) is -0.0131. The number of hydrogen-bond donors (Lipinski definition) is 0. The molecule has 4 nitrogen and oxygen atoms in total. The van der Waals surface area contributed by atoms with E-state index in [-0.39, 0.29) is 12.0 Å². The van der Waals surface area contributed by atoms with E-state index in [1.165, 1.54) is 11.3 Å². The summed E-state index contributed by atoms with van der Waals surface area (Å²) in [6, 6.07) is 10.1. The maximum Gasteiger partial charge on any atom is 0.273 e. The molecule has 1 saturated heterocycles. The Bertz CT molecular complexity index is 639. The lowest BCUT2D eigenvalue weighted by molar-refractivity contribution is 0.0503. The molecule has 0 unspecified atom stereocenters. The van der Waals surface area contributed by atoms with Gasteiger partial charge in [-0.3, -0.25) is 4.79 Å². The van der Waals surface area contributed by atoms with Crippen molar-refractivity contribution in [3.05, 3.63) is 47.0 Å². The van der Waals surface area contributed by atoms with E-state index in [0.29, 0.717) is 18.8 Å². The zero-order valence-electron chi connectivity index (χ0n) is 13.1. The highest BCUT2D eigenvalue weighted by Gasteiger charge is 2.25. The maximum absolute atomic E-state index is 12.9. The lowest BCUT2D eigenvalue weighted by Gasteiger charge is -2.25. The number of carbonyl (C=O) groups is 1. The van der Waals surface area contributed by atoms with E-state index >= 15 is 0 Å². The number of nitrogens with zero attached hydrogens (tertiary/aromatic N) is 2. The van der Waals surface area contributed by atoms with E-state index in [9.17, 15) is 4.79 Å². The van der Waals surface area contributed by atoms with Gasteiger partial charge < -0.3 is 9.64 Å². The van der Waals surface area contributed by atoms with Crippen LogP contribution in [-0.2, 0) is 11.3 Å². The molecule has 23 heavy (non-hydrogen) atoms. The Kier molecular flexibility index (Phi) is 5.70. The van der Waals surface area contributed by atoms with Crippen LogP contribution in [0.25, 0.3) is 0 Å². The lowest BCUT2D eigenvalue weighted by atomic mass is 10.1. The summed E-state index contributed by atoms with van der Waals surface area (Å²) >= 11 is 3.09. The number of thiazole rings is 1. The summed E-state index contributed by atoms with van der Waals surface area (Å²) in [4.78, 5) is 19.2. The van der Waals surface area contributed by atoms with Gasteiger partial charge in [0.05, 0.1) is 6.10 Å². The molecule has 1 aromatic carbocycles. The minimum Gasteiger partial charge on any atom is -0.376 e. The van der Waals surface area contributed by atoms with Crippen molar-refractivity contribution in [1.29, 1.82) is 0 Å². The molecule has 1 fully saturated rings. The first-order valence-corrected chi connectivity index (χ1v) is 9.81. The number of benzene rings is 1. The van der Waals surface area contributed by atoms with Gasteiger partial charge in [-0.2, -0.15) is 0 Å². The second-order valence-corrected chi connectivity index (χ2v) is 7.42. The molecule has 122 valence electrons. The highest BCUT2D eigenvalue weighted by molar-refractivity contribution is 8.00. The molecule has 6 heteroatoms. The van der Waals surface area contributed by atoms with E-state index in [1.54, 1.807) is 11.8 Å². The Labute approximate surface area is 144 Å². The van der Waals surface area contributed by atoms with Gasteiger partial charge in [0, 0.05) is 25.1 Å². The van der Waals surface area contributed by atoms with E-state index in [0.717, 1.165) is 29.4 Å². The second-order valence-electron chi connectivity index (χ2n) is 5.51. The Balaban J connectivity index is 1.76. The Morgan fingerprint density at radius 1 is 1.43 bits per heavy atom. The lowest BCUT2D eigenvalue weighted by Crippen LogP contribution is -2.37. The van der Waals surface area contributed by atoms with Gasteiger partial charge in [-0.15, -0.1) is 11.3 Å². The predicted octanol–water partition coefficient (Wildman–Crippen LogP) is 3.69. The molecule has 2 aromatic rings. The Hall–Kier alpha value is -1.37. The minimum atomic E-state index is -0.0131. The molecule has 1 amide bonds. The number of amides is 1. The van der Waals surface area contributed by atoms with Crippen LogP contribution in [0.3, 0.4) is 0 Å². The van der Waals surface area contributed by atoms with Gasteiger partial charge in [-0.25, -0.2) is 4.98 Å². The highest BCUT2D eigenvalue weighted by Crippen LogP contribution is 2.22. The van der Waals surface area contributed by atoms with Crippen LogP contribution in [0.4, 0.5) is 0 Å². The van der Waals surface area contributed by atoms with Crippen LogP contribution in [-0.4, -0.2) is 41.3 Å². The van der Waals surface area contributed by atoms with Crippen molar-refractivity contribution < 1.29 is 9.53 Å². The van der Waals surface area contributed by atoms with Crippen molar-refractivity contribution in [3.8, 4) is 0 Å². The van der Waals surface area contributed by atoms with Gasteiger partial charge in [0.2, 0.25) is 0 Å².